The molecule has 0 aliphatic carbocycles. The average Bonchev–Trinajstić information content (AvgIpc) is 2.67. The van der Waals surface area contributed by atoms with Crippen molar-refractivity contribution in [3.8, 4) is 17.0 Å². The Balaban J connectivity index is 1.86. The molecule has 1 aliphatic rings. The standard InChI is InChI=1S/C20H20N4O2S/c1-2-3-11-27-20-22-19(26)17-15-9-4-5-10-16(15)21-18(24(17)23-20)13-7-6-8-14(25)12-13/h4-10,12,18H,2-3,11H2,1H3,(H2,22,23,25,26)/p+1/t18-/m0/s1. The molecule has 4 rings (SSSR count). The fraction of sp³-hybridized carbons (Fsp3) is 0.250. The van der Waals surface area contributed by atoms with Gasteiger partial charge in [-0.15, -0.1) is 0 Å². The molecule has 1 atom stereocenters. The van der Waals surface area contributed by atoms with Gasteiger partial charge in [-0.25, -0.2) is 0 Å². The summed E-state index contributed by atoms with van der Waals surface area (Å²) in [4.78, 5) is 15.8. The van der Waals surface area contributed by atoms with Gasteiger partial charge in [0.1, 0.15) is 5.75 Å². The summed E-state index contributed by atoms with van der Waals surface area (Å²) in [6, 6.07) is 14.7. The molecule has 2 aromatic carbocycles. The number of fused-ring (bicyclic) bond motifs is 3. The molecule has 0 saturated heterocycles. The van der Waals surface area contributed by atoms with Gasteiger partial charge in [0.15, 0.2) is 0 Å². The first-order valence-corrected chi connectivity index (χ1v) is 9.99. The van der Waals surface area contributed by atoms with Crippen molar-refractivity contribution >= 4 is 17.4 Å². The summed E-state index contributed by atoms with van der Waals surface area (Å²) in [5, 5.41) is 18.7. The van der Waals surface area contributed by atoms with Gasteiger partial charge in [0.25, 0.3) is 6.17 Å². The molecule has 0 fully saturated rings. The smallest absolute Gasteiger partial charge is 0.325 e. The molecular weight excluding hydrogens is 360 g/mol. The van der Waals surface area contributed by atoms with Crippen LogP contribution in [-0.2, 0) is 0 Å². The normalized spacial score (nSPS) is 14.9. The zero-order chi connectivity index (χ0) is 18.8. The third-order valence-corrected chi connectivity index (χ3v) is 5.45. The Labute approximate surface area is 161 Å². The van der Waals surface area contributed by atoms with Crippen LogP contribution in [0.4, 0.5) is 5.69 Å². The first-order chi connectivity index (χ1) is 13.2. The summed E-state index contributed by atoms with van der Waals surface area (Å²) in [7, 11) is 0. The number of hydrogen-bond acceptors (Lipinski definition) is 5. The van der Waals surface area contributed by atoms with Crippen LogP contribution in [0, 0.1) is 0 Å². The lowest BCUT2D eigenvalue weighted by atomic mass is 10.0. The van der Waals surface area contributed by atoms with Crippen molar-refractivity contribution in [3.63, 3.8) is 0 Å². The summed E-state index contributed by atoms with van der Waals surface area (Å²) in [5.41, 5.74) is 2.86. The molecule has 2 heterocycles. The maximum Gasteiger partial charge on any atom is 0.325 e. The van der Waals surface area contributed by atoms with E-state index in [1.807, 2.05) is 30.3 Å². The van der Waals surface area contributed by atoms with Gasteiger partial charge < -0.3 is 10.4 Å². The number of rotatable bonds is 5. The lowest BCUT2D eigenvalue weighted by Gasteiger charge is -2.22. The van der Waals surface area contributed by atoms with E-state index in [9.17, 15) is 9.90 Å². The number of nitrogens with zero attached hydrogens (tertiary/aromatic N) is 2. The number of aromatic amines is 1. The number of aromatic nitrogens is 3. The zero-order valence-electron chi connectivity index (χ0n) is 15.0. The van der Waals surface area contributed by atoms with Gasteiger partial charge in [0.2, 0.25) is 5.16 Å². The molecule has 138 valence electrons. The molecule has 1 aromatic heterocycles. The molecule has 3 aromatic rings. The molecule has 1 aliphatic heterocycles. The second kappa shape index (κ2) is 7.44. The number of aromatic hydroxyl groups is 1. The maximum atomic E-state index is 12.9. The molecule has 0 bridgehead atoms. The Hall–Kier alpha value is -2.80. The molecule has 6 nitrogen and oxygen atoms in total. The van der Waals surface area contributed by atoms with Crippen LogP contribution in [0.5, 0.6) is 5.75 Å². The minimum Gasteiger partial charge on any atom is -0.508 e. The van der Waals surface area contributed by atoms with Crippen molar-refractivity contribution in [2.75, 3.05) is 11.1 Å². The highest BCUT2D eigenvalue weighted by molar-refractivity contribution is 7.99. The molecule has 7 heteroatoms. The molecule has 0 amide bonds. The Bertz CT molecular complexity index is 1030. The lowest BCUT2D eigenvalue weighted by molar-refractivity contribution is -0.759. The van der Waals surface area contributed by atoms with Crippen molar-refractivity contribution in [1.29, 1.82) is 0 Å². The van der Waals surface area contributed by atoms with Gasteiger partial charge in [-0.3, -0.25) is 9.78 Å². The number of hydrogen-bond donors (Lipinski definition) is 3. The largest absolute Gasteiger partial charge is 0.508 e. The lowest BCUT2D eigenvalue weighted by Crippen LogP contribution is -2.55. The second-order valence-electron chi connectivity index (χ2n) is 6.44. The van der Waals surface area contributed by atoms with E-state index in [-0.39, 0.29) is 17.5 Å². The fourth-order valence-electron chi connectivity index (χ4n) is 3.19. The Morgan fingerprint density at radius 2 is 2.07 bits per heavy atom. The van der Waals surface area contributed by atoms with Gasteiger partial charge >= 0.3 is 11.3 Å². The van der Waals surface area contributed by atoms with Crippen LogP contribution in [0.3, 0.4) is 0 Å². The average molecular weight is 381 g/mol. The number of H-pyrrole nitrogens is 1. The molecular formula is C20H21N4O2S+. The van der Waals surface area contributed by atoms with Gasteiger partial charge in [-0.1, -0.05) is 43.3 Å². The van der Waals surface area contributed by atoms with E-state index in [0.29, 0.717) is 10.9 Å². The number of anilines is 1. The highest BCUT2D eigenvalue weighted by Gasteiger charge is 2.37. The number of unbranched alkanes of at least 4 members (excludes halogenated alkanes) is 1. The number of benzene rings is 2. The van der Waals surface area contributed by atoms with Crippen molar-refractivity contribution in [3.05, 3.63) is 64.4 Å². The summed E-state index contributed by atoms with van der Waals surface area (Å²) in [6.45, 7) is 2.14. The fourth-order valence-corrected chi connectivity index (χ4v) is 4.12. The van der Waals surface area contributed by atoms with Crippen LogP contribution >= 0.6 is 11.8 Å². The highest BCUT2D eigenvalue weighted by Crippen LogP contribution is 2.32. The van der Waals surface area contributed by atoms with Gasteiger partial charge in [0, 0.05) is 16.4 Å². The molecule has 27 heavy (non-hydrogen) atoms. The van der Waals surface area contributed by atoms with Crippen molar-refractivity contribution in [2.45, 2.75) is 31.1 Å². The van der Waals surface area contributed by atoms with Crippen molar-refractivity contribution < 1.29 is 9.79 Å². The minimum absolute atomic E-state index is 0.164. The van der Waals surface area contributed by atoms with Crippen LogP contribution in [0.25, 0.3) is 11.3 Å². The number of phenolic OH excluding ortho intramolecular Hbond substituents is 1. The highest BCUT2D eigenvalue weighted by atomic mass is 32.2. The number of para-hydroxylation sites is 1. The molecule has 0 radical (unpaired) electrons. The summed E-state index contributed by atoms with van der Waals surface area (Å²) >= 11 is 1.55. The van der Waals surface area contributed by atoms with Gasteiger partial charge in [0.05, 0.1) is 11.3 Å². The van der Waals surface area contributed by atoms with Crippen LogP contribution in [0.1, 0.15) is 31.5 Å². The first-order valence-electron chi connectivity index (χ1n) is 9.01. The van der Waals surface area contributed by atoms with Crippen molar-refractivity contribution in [1.82, 2.24) is 10.1 Å². The van der Waals surface area contributed by atoms with E-state index in [2.05, 4.69) is 17.2 Å². The number of phenols is 1. The van der Waals surface area contributed by atoms with E-state index < -0.39 is 0 Å². The van der Waals surface area contributed by atoms with Crippen LogP contribution in [-0.4, -0.2) is 20.9 Å². The van der Waals surface area contributed by atoms with E-state index in [0.717, 1.165) is 35.4 Å². The second-order valence-corrected chi connectivity index (χ2v) is 7.53. The predicted molar refractivity (Wildman–Crippen MR) is 106 cm³/mol. The third-order valence-electron chi connectivity index (χ3n) is 4.50. The monoisotopic (exact) mass is 381 g/mol. The molecule has 0 unspecified atom stereocenters. The summed E-state index contributed by atoms with van der Waals surface area (Å²) in [6.07, 6.45) is 1.78. The van der Waals surface area contributed by atoms with Crippen LogP contribution < -0.4 is 15.6 Å². The van der Waals surface area contributed by atoms with Crippen LogP contribution in [0.2, 0.25) is 0 Å². The predicted octanol–water partition coefficient (Wildman–Crippen LogP) is 3.29. The first kappa shape index (κ1) is 17.6. The molecule has 0 saturated carbocycles. The van der Waals surface area contributed by atoms with E-state index in [4.69, 9.17) is 5.10 Å². The topological polar surface area (TPSA) is 81.9 Å². The Kier molecular flexibility index (Phi) is 4.85. The maximum absolute atomic E-state index is 12.9. The van der Waals surface area contributed by atoms with Crippen LogP contribution in [0.15, 0.2) is 58.5 Å². The van der Waals surface area contributed by atoms with E-state index in [1.165, 1.54) is 0 Å². The zero-order valence-corrected chi connectivity index (χ0v) is 15.8. The quantitative estimate of drug-likeness (QED) is 0.359. The minimum atomic E-state index is -0.380. The molecule has 0 spiro atoms. The van der Waals surface area contributed by atoms with Gasteiger partial charge in [-0.2, -0.15) is 0 Å². The Morgan fingerprint density at radius 3 is 2.89 bits per heavy atom. The molecule has 3 N–H and O–H groups in total. The van der Waals surface area contributed by atoms with E-state index in [1.54, 1.807) is 34.6 Å². The SMILES string of the molecule is CCCCSc1n[n+]2c(c(=O)[nH]1)-c1ccccc1N[C@@H]2c1cccc(O)c1. The van der Waals surface area contributed by atoms with E-state index >= 15 is 0 Å². The summed E-state index contributed by atoms with van der Waals surface area (Å²) < 4.78 is 1.73. The van der Waals surface area contributed by atoms with Crippen molar-refractivity contribution in [2.24, 2.45) is 0 Å². The number of thioether (sulfide) groups is 1. The Morgan fingerprint density at radius 1 is 1.22 bits per heavy atom. The van der Waals surface area contributed by atoms with Gasteiger partial charge in [-0.05, 0) is 41.4 Å². The summed E-state index contributed by atoms with van der Waals surface area (Å²) in [5.74, 6) is 1.08. The number of nitrogens with one attached hydrogen (secondary N) is 2. The third kappa shape index (κ3) is 3.42.